The predicted octanol–water partition coefficient (Wildman–Crippen LogP) is -0.00110. The number of aliphatic carboxylic acids is 2. The van der Waals surface area contributed by atoms with E-state index >= 15 is 0 Å². The summed E-state index contributed by atoms with van der Waals surface area (Å²) in [6, 6.07) is -1.79. The van der Waals surface area contributed by atoms with Crippen LogP contribution in [0.3, 0.4) is 0 Å². The minimum absolute atomic E-state index is 0.153. The Morgan fingerprint density at radius 2 is 1.85 bits per heavy atom. The van der Waals surface area contributed by atoms with Crippen molar-refractivity contribution in [2.75, 3.05) is 0 Å². The normalized spacial score (nSPS) is 14.2. The van der Waals surface area contributed by atoms with Crippen LogP contribution < -0.4 is 10.9 Å². The lowest BCUT2D eigenvalue weighted by Crippen LogP contribution is -2.53. The molecule has 0 fully saturated rings. The molecule has 8 heteroatoms. The van der Waals surface area contributed by atoms with Crippen molar-refractivity contribution in [1.29, 1.82) is 0 Å². The number of hydrogen-bond donors (Lipinski definition) is 5. The van der Waals surface area contributed by atoms with Crippen LogP contribution in [0.5, 0.6) is 0 Å². The van der Waals surface area contributed by atoms with E-state index in [0.717, 1.165) is 0 Å². The first-order valence-corrected chi connectivity index (χ1v) is 6.34. The highest BCUT2D eigenvalue weighted by atomic mass is 16.4. The number of imidazole rings is 1. The van der Waals surface area contributed by atoms with Gasteiger partial charge in [-0.05, 0) is 12.3 Å². The van der Waals surface area contributed by atoms with Crippen LogP contribution in [0.1, 0.15) is 26.0 Å². The third kappa shape index (κ3) is 5.37. The number of carboxylic acids is 2. The number of aromatic amines is 1. The van der Waals surface area contributed by atoms with Crippen molar-refractivity contribution in [2.45, 2.75) is 38.8 Å². The summed E-state index contributed by atoms with van der Waals surface area (Å²) >= 11 is 0. The number of nitrogens with zero attached hydrogens (tertiary/aromatic N) is 1. The van der Waals surface area contributed by atoms with Crippen molar-refractivity contribution in [2.24, 2.45) is 5.92 Å². The highest BCUT2D eigenvalue weighted by molar-refractivity contribution is 5.75. The molecule has 0 aromatic carbocycles. The predicted molar refractivity (Wildman–Crippen MR) is 70.9 cm³/mol. The van der Waals surface area contributed by atoms with Gasteiger partial charge in [-0.2, -0.15) is 0 Å². The van der Waals surface area contributed by atoms with Gasteiger partial charge in [-0.1, -0.05) is 13.8 Å². The number of aromatic nitrogens is 2. The molecule has 1 heterocycles. The van der Waals surface area contributed by atoms with Crippen LogP contribution in [-0.4, -0.2) is 44.2 Å². The molecular formula is C12H20N4O4. The lowest BCUT2D eigenvalue weighted by molar-refractivity contribution is -0.143. The molecule has 0 aliphatic heterocycles. The molecule has 0 aliphatic carbocycles. The van der Waals surface area contributed by atoms with Gasteiger partial charge in [-0.3, -0.25) is 9.59 Å². The number of hydrazine groups is 1. The third-order valence-corrected chi connectivity index (χ3v) is 2.70. The maximum Gasteiger partial charge on any atom is 0.322 e. The van der Waals surface area contributed by atoms with Gasteiger partial charge in [0.25, 0.3) is 0 Å². The summed E-state index contributed by atoms with van der Waals surface area (Å²) < 4.78 is 0. The standard InChI is InChI=1S/C12H20N4O4/c1-7(2)3-9(11(17)18)15-16-10(12(19)20)4-8-5-13-6-14-8/h5-7,9-10,15-16H,3-4H2,1-2H3,(H,13,14)(H,17,18)(H,19,20)/t9-,10-/m0/s1. The fourth-order valence-corrected chi connectivity index (χ4v) is 1.71. The molecule has 0 amide bonds. The molecule has 20 heavy (non-hydrogen) atoms. The van der Waals surface area contributed by atoms with E-state index in [4.69, 9.17) is 10.2 Å². The molecule has 1 aromatic rings. The van der Waals surface area contributed by atoms with Crippen LogP contribution >= 0.6 is 0 Å². The molecule has 1 aromatic heterocycles. The Kier molecular flexibility index (Phi) is 6.13. The number of H-pyrrole nitrogens is 1. The monoisotopic (exact) mass is 284 g/mol. The van der Waals surface area contributed by atoms with Gasteiger partial charge < -0.3 is 15.2 Å². The first kappa shape index (κ1) is 16.1. The average Bonchev–Trinajstić information content (AvgIpc) is 2.84. The Morgan fingerprint density at radius 3 is 2.30 bits per heavy atom. The van der Waals surface area contributed by atoms with Gasteiger partial charge in [-0.15, -0.1) is 0 Å². The molecule has 0 saturated heterocycles. The zero-order valence-electron chi connectivity index (χ0n) is 11.5. The van der Waals surface area contributed by atoms with E-state index in [1.165, 1.54) is 6.33 Å². The van der Waals surface area contributed by atoms with Gasteiger partial charge in [0.2, 0.25) is 0 Å². The number of carboxylic acid groups (broad SMARTS) is 2. The summed E-state index contributed by atoms with van der Waals surface area (Å²) in [5, 5.41) is 18.2. The highest BCUT2D eigenvalue weighted by Gasteiger charge is 2.23. The van der Waals surface area contributed by atoms with Crippen molar-refractivity contribution >= 4 is 11.9 Å². The fourth-order valence-electron chi connectivity index (χ4n) is 1.71. The van der Waals surface area contributed by atoms with Crippen LogP contribution in [-0.2, 0) is 16.0 Å². The molecule has 8 nitrogen and oxygen atoms in total. The summed E-state index contributed by atoms with van der Waals surface area (Å²) in [6.07, 6.45) is 3.61. The number of nitrogens with one attached hydrogen (secondary N) is 3. The number of hydrogen-bond acceptors (Lipinski definition) is 5. The van der Waals surface area contributed by atoms with E-state index in [1.54, 1.807) is 6.20 Å². The summed E-state index contributed by atoms with van der Waals surface area (Å²) in [4.78, 5) is 28.9. The van der Waals surface area contributed by atoms with E-state index in [9.17, 15) is 9.59 Å². The third-order valence-electron chi connectivity index (χ3n) is 2.70. The summed E-state index contributed by atoms with van der Waals surface area (Å²) in [5.74, 6) is -1.91. The summed E-state index contributed by atoms with van der Waals surface area (Å²) in [6.45, 7) is 3.80. The summed E-state index contributed by atoms with van der Waals surface area (Å²) in [7, 11) is 0. The topological polar surface area (TPSA) is 127 Å². The summed E-state index contributed by atoms with van der Waals surface area (Å²) in [5.41, 5.74) is 5.72. The smallest absolute Gasteiger partial charge is 0.322 e. The molecular weight excluding hydrogens is 264 g/mol. The number of rotatable bonds is 9. The Balaban J connectivity index is 2.56. The minimum Gasteiger partial charge on any atom is -0.480 e. The van der Waals surface area contributed by atoms with Crippen LogP contribution in [0.15, 0.2) is 12.5 Å². The molecule has 0 spiro atoms. The van der Waals surface area contributed by atoms with Gasteiger partial charge in [0.1, 0.15) is 12.1 Å². The van der Waals surface area contributed by atoms with Crippen LogP contribution in [0.25, 0.3) is 0 Å². The second-order valence-corrected chi connectivity index (χ2v) is 4.96. The van der Waals surface area contributed by atoms with E-state index in [0.29, 0.717) is 12.1 Å². The van der Waals surface area contributed by atoms with E-state index in [2.05, 4.69) is 20.8 Å². The van der Waals surface area contributed by atoms with Gasteiger partial charge in [0.15, 0.2) is 0 Å². The van der Waals surface area contributed by atoms with E-state index in [-0.39, 0.29) is 12.3 Å². The van der Waals surface area contributed by atoms with Gasteiger partial charge in [0.05, 0.1) is 12.0 Å². The molecule has 0 aliphatic rings. The van der Waals surface area contributed by atoms with Crippen molar-refractivity contribution in [3.05, 3.63) is 18.2 Å². The van der Waals surface area contributed by atoms with Gasteiger partial charge >= 0.3 is 11.9 Å². The molecule has 0 saturated carbocycles. The molecule has 5 N–H and O–H groups in total. The zero-order chi connectivity index (χ0) is 15.1. The Morgan fingerprint density at radius 1 is 1.25 bits per heavy atom. The molecule has 1 rings (SSSR count). The highest BCUT2D eigenvalue weighted by Crippen LogP contribution is 2.05. The zero-order valence-corrected chi connectivity index (χ0v) is 11.5. The van der Waals surface area contributed by atoms with Crippen LogP contribution in [0, 0.1) is 5.92 Å². The van der Waals surface area contributed by atoms with Crippen LogP contribution in [0.2, 0.25) is 0 Å². The first-order chi connectivity index (χ1) is 9.40. The maximum atomic E-state index is 11.1. The maximum absolute atomic E-state index is 11.1. The Bertz CT molecular complexity index is 433. The van der Waals surface area contributed by atoms with Crippen molar-refractivity contribution < 1.29 is 19.8 Å². The SMILES string of the molecule is CC(C)C[C@H](NN[C@@H](Cc1c[nH]cn1)C(=O)O)C(=O)O. The minimum atomic E-state index is -1.07. The first-order valence-electron chi connectivity index (χ1n) is 6.34. The van der Waals surface area contributed by atoms with E-state index in [1.807, 2.05) is 13.8 Å². The molecule has 2 atom stereocenters. The molecule has 0 unspecified atom stereocenters. The fraction of sp³-hybridized carbons (Fsp3) is 0.583. The largest absolute Gasteiger partial charge is 0.480 e. The van der Waals surface area contributed by atoms with Crippen LogP contribution in [0.4, 0.5) is 0 Å². The molecule has 0 radical (unpaired) electrons. The lowest BCUT2D eigenvalue weighted by Gasteiger charge is -2.20. The van der Waals surface area contributed by atoms with E-state index < -0.39 is 24.0 Å². The second kappa shape index (κ2) is 7.61. The van der Waals surface area contributed by atoms with Gasteiger partial charge in [-0.25, -0.2) is 15.8 Å². The quantitative estimate of drug-likeness (QED) is 0.404. The molecule has 0 bridgehead atoms. The van der Waals surface area contributed by atoms with Crippen molar-refractivity contribution in [3.63, 3.8) is 0 Å². The van der Waals surface area contributed by atoms with Gasteiger partial charge in [0, 0.05) is 12.6 Å². The Hall–Kier alpha value is -1.93. The number of carbonyl (C=O) groups is 2. The molecule has 112 valence electrons. The lowest BCUT2D eigenvalue weighted by atomic mass is 10.0. The Labute approximate surface area is 116 Å². The van der Waals surface area contributed by atoms with Crippen molar-refractivity contribution in [3.8, 4) is 0 Å². The van der Waals surface area contributed by atoms with Crippen molar-refractivity contribution in [1.82, 2.24) is 20.8 Å². The average molecular weight is 284 g/mol. The second-order valence-electron chi connectivity index (χ2n) is 4.96.